The molecule has 0 aliphatic carbocycles. The van der Waals surface area contributed by atoms with Crippen LogP contribution in [0.15, 0.2) is 0 Å². The monoisotopic (exact) mass is 177 g/mol. The molecule has 0 rings (SSSR count). The molecule has 0 amide bonds. The van der Waals surface area contributed by atoms with Crippen molar-refractivity contribution in [3.05, 3.63) is 0 Å². The van der Waals surface area contributed by atoms with Gasteiger partial charge in [-0.15, -0.1) is 0 Å². The van der Waals surface area contributed by atoms with Crippen LogP contribution >= 0.6 is 0 Å². The average molecular weight is 177 g/mol. The molecule has 3 nitrogen and oxygen atoms in total. The van der Waals surface area contributed by atoms with Crippen LogP contribution in [0.1, 0.15) is 0 Å². The Morgan fingerprint density at radius 2 is 1.11 bits per heavy atom. The zero-order valence-corrected chi connectivity index (χ0v) is 8.98. The summed E-state index contributed by atoms with van der Waals surface area (Å²) in [7, 11) is 0.139. The molecule has 51 valence electrons. The molecule has 0 saturated carbocycles. The number of hydrogen-bond donors (Lipinski definition) is 0. The van der Waals surface area contributed by atoms with Gasteiger partial charge in [-0.3, -0.25) is 0 Å². The van der Waals surface area contributed by atoms with E-state index >= 15 is 0 Å². The Morgan fingerprint density at radius 3 is 1.11 bits per heavy atom. The van der Waals surface area contributed by atoms with Crippen LogP contribution in [-0.2, 0) is 10.9 Å². The van der Waals surface area contributed by atoms with Gasteiger partial charge in [0.05, 0.1) is 18.8 Å². The van der Waals surface area contributed by atoms with Gasteiger partial charge in [0, 0.05) is 0 Å². The van der Waals surface area contributed by atoms with Crippen molar-refractivity contribution < 1.29 is 15.5 Å². The van der Waals surface area contributed by atoms with Gasteiger partial charge in [-0.05, 0) is 10.9 Å². The van der Waals surface area contributed by atoms with Crippen LogP contribution in [0.2, 0.25) is 0 Å². The summed E-state index contributed by atoms with van der Waals surface area (Å²) >= 11 is 0. The standard InChI is InChI=1S/C3H9S.BO2.Ca.H2O/c1-4(2)3;2-1-3;;/h1-3H3;;;1H2/q+1;-2;+2;/p-1. The van der Waals surface area contributed by atoms with Gasteiger partial charge in [0.25, 0.3) is 0 Å². The fourth-order valence-corrected chi connectivity index (χ4v) is 0. The van der Waals surface area contributed by atoms with E-state index in [1.807, 2.05) is 0 Å². The molecule has 6 heteroatoms. The van der Waals surface area contributed by atoms with Crippen LogP contribution in [0, 0.1) is 0 Å². The molecule has 0 unspecified atom stereocenters. The first-order valence-electron chi connectivity index (χ1n) is 1.70. The summed E-state index contributed by atoms with van der Waals surface area (Å²) in [6, 6.07) is 0. The Hall–Kier alpha value is 1.55. The maximum Gasteiger partial charge on any atom is 2.00 e. The molecule has 0 bridgehead atoms. The molecular weight excluding hydrogens is 167 g/mol. The summed E-state index contributed by atoms with van der Waals surface area (Å²) in [5.41, 5.74) is 0. The van der Waals surface area contributed by atoms with Gasteiger partial charge < -0.3 is 15.5 Å². The molecule has 0 atom stereocenters. The number of rotatable bonds is 0. The van der Waals surface area contributed by atoms with Crippen LogP contribution < -0.4 is 10.0 Å². The van der Waals surface area contributed by atoms with Gasteiger partial charge in [-0.2, -0.15) is 0 Å². The van der Waals surface area contributed by atoms with Gasteiger partial charge in [0.2, 0.25) is 0 Å². The van der Waals surface area contributed by atoms with Crippen molar-refractivity contribution in [2.45, 2.75) is 0 Å². The molecule has 0 saturated heterocycles. The van der Waals surface area contributed by atoms with E-state index < -0.39 is 7.69 Å². The second-order valence-electron chi connectivity index (χ2n) is 1.32. The molecule has 0 fully saturated rings. The van der Waals surface area contributed by atoms with Crippen LogP contribution in [0.25, 0.3) is 0 Å². The third-order valence-electron chi connectivity index (χ3n) is 0. The van der Waals surface area contributed by atoms with Gasteiger partial charge in [-0.1, -0.05) is 0 Å². The van der Waals surface area contributed by atoms with Gasteiger partial charge in [0.15, 0.2) is 0 Å². The Kier molecular flexibility index (Phi) is 56.5. The zero-order valence-electron chi connectivity index (χ0n) is 5.96. The molecule has 1 radical (unpaired) electrons. The zero-order chi connectivity index (χ0) is 6.28. The molecule has 0 aliphatic rings. The van der Waals surface area contributed by atoms with Crippen LogP contribution in [0.3, 0.4) is 0 Å². The molecule has 0 heterocycles. The third-order valence-corrected chi connectivity index (χ3v) is 0. The van der Waals surface area contributed by atoms with E-state index in [4.69, 9.17) is 10.0 Å². The SMILES string of the molecule is C[S+](C)C.[Ca+2].[O-][B][O-].[OH-]. The summed E-state index contributed by atoms with van der Waals surface area (Å²) in [5.74, 6) is 0. The molecule has 0 aliphatic heterocycles. The summed E-state index contributed by atoms with van der Waals surface area (Å²) in [5, 5.41) is 16.5. The van der Waals surface area contributed by atoms with Crippen LogP contribution in [0.4, 0.5) is 0 Å². The molecule has 0 aromatic heterocycles. The van der Waals surface area contributed by atoms with Crippen molar-refractivity contribution in [3.63, 3.8) is 0 Å². The minimum atomic E-state index is -0.500. The summed E-state index contributed by atoms with van der Waals surface area (Å²) in [6.45, 7) is 0. The minimum absolute atomic E-state index is 0. The quantitative estimate of drug-likeness (QED) is 0.296. The Labute approximate surface area is 89.8 Å². The second kappa shape index (κ2) is 22.7. The first kappa shape index (κ1) is 22.4. The summed E-state index contributed by atoms with van der Waals surface area (Å²) < 4.78 is 0. The predicted molar refractivity (Wildman–Crippen MR) is 38.6 cm³/mol. The van der Waals surface area contributed by atoms with Gasteiger partial charge in [0.1, 0.15) is 0 Å². The smallest absolute Gasteiger partial charge is 0.900 e. The van der Waals surface area contributed by atoms with Crippen molar-refractivity contribution in [3.8, 4) is 0 Å². The number of hydrogen-bond acceptors (Lipinski definition) is 3. The predicted octanol–water partition coefficient (Wildman–Crippen LogP) is -2.82. The third kappa shape index (κ3) is 226. The van der Waals surface area contributed by atoms with Crippen LogP contribution in [0.5, 0.6) is 0 Å². The van der Waals surface area contributed by atoms with Gasteiger partial charge >= 0.3 is 37.7 Å². The van der Waals surface area contributed by atoms with E-state index in [0.29, 0.717) is 10.9 Å². The topological polar surface area (TPSA) is 76.1 Å². The maximum absolute atomic E-state index is 8.25. The van der Waals surface area contributed by atoms with E-state index in [1.165, 1.54) is 0 Å². The van der Waals surface area contributed by atoms with Crippen molar-refractivity contribution in [2.75, 3.05) is 18.8 Å². The molecular formula is C3H10BCaO3S. The van der Waals surface area contributed by atoms with Crippen molar-refractivity contribution >= 4 is 56.3 Å². The van der Waals surface area contributed by atoms with Gasteiger partial charge in [-0.25, -0.2) is 7.69 Å². The largest absolute Gasteiger partial charge is 2.00 e. The Bertz CT molecular complexity index is 30.3. The fourth-order valence-electron chi connectivity index (χ4n) is 0. The molecule has 9 heavy (non-hydrogen) atoms. The molecule has 0 aromatic rings. The van der Waals surface area contributed by atoms with Crippen molar-refractivity contribution in [2.24, 2.45) is 0 Å². The average Bonchev–Trinajstić information content (AvgIpc) is 1.33. The Balaban J connectivity index is -0.0000000233. The van der Waals surface area contributed by atoms with E-state index in [2.05, 4.69) is 18.8 Å². The summed E-state index contributed by atoms with van der Waals surface area (Å²) in [6.07, 6.45) is 6.58. The molecule has 1 N–H and O–H groups in total. The molecule has 0 spiro atoms. The Morgan fingerprint density at radius 1 is 1.11 bits per heavy atom. The minimum Gasteiger partial charge on any atom is -0.900 e. The normalized spacial score (nSPS) is 5.56. The van der Waals surface area contributed by atoms with Crippen LogP contribution in [-0.4, -0.2) is 69.7 Å². The first-order valence-corrected chi connectivity index (χ1v) is 4.15. The summed E-state index contributed by atoms with van der Waals surface area (Å²) in [4.78, 5) is 0. The van der Waals surface area contributed by atoms with E-state index in [1.54, 1.807) is 0 Å². The maximum atomic E-state index is 8.25. The first-order chi connectivity index (χ1) is 3.15. The van der Waals surface area contributed by atoms with E-state index in [0.717, 1.165) is 0 Å². The van der Waals surface area contributed by atoms with Crippen molar-refractivity contribution in [1.82, 2.24) is 0 Å². The molecule has 0 aromatic carbocycles. The fraction of sp³-hybridized carbons (Fsp3) is 1.00. The second-order valence-corrected chi connectivity index (χ2v) is 3.77. The van der Waals surface area contributed by atoms with Crippen molar-refractivity contribution in [1.29, 1.82) is 0 Å². The van der Waals surface area contributed by atoms with E-state index in [-0.39, 0.29) is 43.2 Å². The van der Waals surface area contributed by atoms with E-state index in [9.17, 15) is 0 Å².